The molecule has 0 aromatic rings. The molecule has 0 bridgehead atoms. The summed E-state index contributed by atoms with van der Waals surface area (Å²) in [5.74, 6) is 0. The van der Waals surface area contributed by atoms with Gasteiger partial charge in [0.2, 0.25) is 0 Å². The van der Waals surface area contributed by atoms with Crippen molar-refractivity contribution >= 4 is 17.3 Å². The minimum atomic E-state index is 0.802. The van der Waals surface area contributed by atoms with Crippen LogP contribution in [0.4, 0.5) is 0 Å². The summed E-state index contributed by atoms with van der Waals surface area (Å²) in [5, 5.41) is 4.25. The molecule has 1 saturated heterocycles. The SMILES string of the molecule is CCOCCCNC(=S)N1CCCCCC1. The van der Waals surface area contributed by atoms with Crippen molar-refractivity contribution in [1.82, 2.24) is 10.2 Å². The summed E-state index contributed by atoms with van der Waals surface area (Å²) in [6.45, 7) is 6.82. The van der Waals surface area contributed by atoms with Crippen LogP contribution in [0.1, 0.15) is 39.0 Å². The Morgan fingerprint density at radius 2 is 1.94 bits per heavy atom. The lowest BCUT2D eigenvalue weighted by atomic mass is 10.2. The van der Waals surface area contributed by atoms with Crippen molar-refractivity contribution in [3.05, 3.63) is 0 Å². The van der Waals surface area contributed by atoms with Gasteiger partial charge in [-0.05, 0) is 38.4 Å². The predicted octanol–water partition coefficient (Wildman–Crippen LogP) is 2.16. The lowest BCUT2D eigenvalue weighted by molar-refractivity contribution is 0.145. The monoisotopic (exact) mass is 244 g/mol. The standard InChI is InChI=1S/C12H24N2OS/c1-2-15-11-7-8-13-12(16)14-9-5-3-4-6-10-14/h2-11H2,1H3,(H,13,16). The van der Waals surface area contributed by atoms with Crippen LogP contribution in [0, 0.1) is 0 Å². The number of thiocarbonyl (C=S) groups is 1. The average molecular weight is 244 g/mol. The van der Waals surface area contributed by atoms with Gasteiger partial charge >= 0.3 is 0 Å². The van der Waals surface area contributed by atoms with E-state index < -0.39 is 0 Å². The number of likely N-dealkylation sites (tertiary alicyclic amines) is 1. The first-order chi connectivity index (χ1) is 7.84. The van der Waals surface area contributed by atoms with Crippen LogP contribution in [0.5, 0.6) is 0 Å². The van der Waals surface area contributed by atoms with E-state index in [1.165, 1.54) is 25.7 Å². The van der Waals surface area contributed by atoms with Crippen LogP contribution in [0.2, 0.25) is 0 Å². The summed E-state index contributed by atoms with van der Waals surface area (Å²) < 4.78 is 5.28. The van der Waals surface area contributed by atoms with Gasteiger partial charge in [-0.15, -0.1) is 0 Å². The zero-order valence-corrected chi connectivity index (χ0v) is 11.2. The Labute approximate surface area is 105 Å². The van der Waals surface area contributed by atoms with E-state index >= 15 is 0 Å². The lowest BCUT2D eigenvalue weighted by Gasteiger charge is -2.23. The Hall–Kier alpha value is -0.350. The van der Waals surface area contributed by atoms with E-state index in [2.05, 4.69) is 10.2 Å². The molecule has 16 heavy (non-hydrogen) atoms. The number of hydrogen-bond acceptors (Lipinski definition) is 2. The van der Waals surface area contributed by atoms with Crippen LogP contribution in [-0.2, 0) is 4.74 Å². The number of rotatable bonds is 5. The summed E-state index contributed by atoms with van der Waals surface area (Å²) >= 11 is 5.39. The fraction of sp³-hybridized carbons (Fsp3) is 0.917. The Morgan fingerprint density at radius 3 is 2.56 bits per heavy atom. The highest BCUT2D eigenvalue weighted by molar-refractivity contribution is 7.80. The topological polar surface area (TPSA) is 24.5 Å². The van der Waals surface area contributed by atoms with E-state index in [1.807, 2.05) is 6.92 Å². The van der Waals surface area contributed by atoms with Gasteiger partial charge in [-0.25, -0.2) is 0 Å². The van der Waals surface area contributed by atoms with Crippen molar-refractivity contribution in [1.29, 1.82) is 0 Å². The molecular formula is C12H24N2OS. The molecule has 0 radical (unpaired) electrons. The quantitative estimate of drug-likeness (QED) is 0.592. The smallest absolute Gasteiger partial charge is 0.168 e. The lowest BCUT2D eigenvalue weighted by Crippen LogP contribution is -2.40. The largest absolute Gasteiger partial charge is 0.382 e. The molecule has 0 unspecified atom stereocenters. The molecule has 0 saturated carbocycles. The van der Waals surface area contributed by atoms with E-state index in [4.69, 9.17) is 17.0 Å². The molecule has 1 N–H and O–H groups in total. The van der Waals surface area contributed by atoms with Gasteiger partial charge in [0.15, 0.2) is 5.11 Å². The first-order valence-electron chi connectivity index (χ1n) is 6.45. The summed E-state index contributed by atoms with van der Waals surface area (Å²) in [6, 6.07) is 0. The zero-order valence-electron chi connectivity index (χ0n) is 10.3. The van der Waals surface area contributed by atoms with Gasteiger partial charge in [0.25, 0.3) is 0 Å². The Bertz CT molecular complexity index is 191. The van der Waals surface area contributed by atoms with Gasteiger partial charge in [0.1, 0.15) is 0 Å². The molecule has 1 fully saturated rings. The van der Waals surface area contributed by atoms with Gasteiger partial charge in [0, 0.05) is 32.8 Å². The molecule has 3 nitrogen and oxygen atoms in total. The number of hydrogen-bond donors (Lipinski definition) is 1. The Balaban J connectivity index is 2.08. The van der Waals surface area contributed by atoms with Crippen LogP contribution in [0.15, 0.2) is 0 Å². The van der Waals surface area contributed by atoms with E-state index in [0.717, 1.165) is 44.4 Å². The van der Waals surface area contributed by atoms with Crippen molar-refractivity contribution in [2.45, 2.75) is 39.0 Å². The number of nitrogens with zero attached hydrogens (tertiary/aromatic N) is 1. The van der Waals surface area contributed by atoms with Crippen molar-refractivity contribution in [2.75, 3.05) is 32.8 Å². The van der Waals surface area contributed by atoms with Gasteiger partial charge in [-0.2, -0.15) is 0 Å². The van der Waals surface area contributed by atoms with E-state index in [1.54, 1.807) is 0 Å². The van der Waals surface area contributed by atoms with Gasteiger partial charge in [-0.1, -0.05) is 12.8 Å². The normalized spacial score (nSPS) is 16.9. The number of nitrogens with one attached hydrogen (secondary N) is 1. The number of ether oxygens (including phenoxy) is 1. The summed E-state index contributed by atoms with van der Waals surface area (Å²) in [7, 11) is 0. The van der Waals surface area contributed by atoms with Crippen molar-refractivity contribution in [3.63, 3.8) is 0 Å². The molecule has 0 aromatic heterocycles. The van der Waals surface area contributed by atoms with Crippen molar-refractivity contribution in [3.8, 4) is 0 Å². The third-order valence-corrected chi connectivity index (χ3v) is 3.24. The molecule has 1 rings (SSSR count). The zero-order chi connectivity index (χ0) is 11.6. The third-order valence-electron chi connectivity index (χ3n) is 2.84. The maximum Gasteiger partial charge on any atom is 0.168 e. The van der Waals surface area contributed by atoms with Crippen LogP contribution in [0.3, 0.4) is 0 Å². The second-order valence-corrected chi connectivity index (χ2v) is 4.57. The molecule has 0 atom stereocenters. The Morgan fingerprint density at radius 1 is 1.25 bits per heavy atom. The highest BCUT2D eigenvalue weighted by Crippen LogP contribution is 2.09. The Kier molecular flexibility index (Phi) is 7.51. The van der Waals surface area contributed by atoms with Crippen LogP contribution >= 0.6 is 12.2 Å². The van der Waals surface area contributed by atoms with Gasteiger partial charge in [0.05, 0.1) is 0 Å². The maximum atomic E-state index is 5.39. The third kappa shape index (κ3) is 5.66. The molecule has 1 aliphatic rings. The average Bonchev–Trinajstić information content (AvgIpc) is 2.57. The highest BCUT2D eigenvalue weighted by Gasteiger charge is 2.11. The molecule has 1 heterocycles. The van der Waals surface area contributed by atoms with E-state index in [0.29, 0.717) is 0 Å². The maximum absolute atomic E-state index is 5.39. The molecular weight excluding hydrogens is 220 g/mol. The molecule has 0 aromatic carbocycles. The highest BCUT2D eigenvalue weighted by atomic mass is 32.1. The first kappa shape index (κ1) is 13.7. The molecule has 0 amide bonds. The van der Waals surface area contributed by atoms with Crippen LogP contribution in [-0.4, -0.2) is 42.9 Å². The van der Waals surface area contributed by atoms with E-state index in [-0.39, 0.29) is 0 Å². The van der Waals surface area contributed by atoms with E-state index in [9.17, 15) is 0 Å². The van der Waals surface area contributed by atoms with Crippen LogP contribution < -0.4 is 5.32 Å². The molecule has 0 aliphatic carbocycles. The molecule has 0 spiro atoms. The minimum Gasteiger partial charge on any atom is -0.382 e. The fourth-order valence-electron chi connectivity index (χ4n) is 1.90. The van der Waals surface area contributed by atoms with Crippen molar-refractivity contribution < 1.29 is 4.74 Å². The minimum absolute atomic E-state index is 0.802. The molecule has 4 heteroatoms. The fourth-order valence-corrected chi connectivity index (χ4v) is 2.18. The van der Waals surface area contributed by atoms with Gasteiger partial charge < -0.3 is 15.0 Å². The summed E-state index contributed by atoms with van der Waals surface area (Å²) in [4.78, 5) is 2.31. The molecule has 94 valence electrons. The van der Waals surface area contributed by atoms with Crippen LogP contribution in [0.25, 0.3) is 0 Å². The summed E-state index contributed by atoms with van der Waals surface area (Å²) in [5.41, 5.74) is 0. The van der Waals surface area contributed by atoms with Crippen molar-refractivity contribution in [2.24, 2.45) is 0 Å². The predicted molar refractivity (Wildman–Crippen MR) is 71.8 cm³/mol. The second kappa shape index (κ2) is 8.76. The summed E-state index contributed by atoms with van der Waals surface area (Å²) in [6.07, 6.45) is 6.29. The first-order valence-corrected chi connectivity index (χ1v) is 6.86. The van der Waals surface area contributed by atoms with Gasteiger partial charge in [-0.3, -0.25) is 0 Å². The molecule has 1 aliphatic heterocycles. The second-order valence-electron chi connectivity index (χ2n) is 4.18.